The highest BCUT2D eigenvalue weighted by molar-refractivity contribution is 5.92. The normalized spacial score (nSPS) is 11.2. The van der Waals surface area contributed by atoms with Gasteiger partial charge in [0, 0.05) is 12.1 Å². The Labute approximate surface area is 142 Å². The van der Waals surface area contributed by atoms with Gasteiger partial charge in [-0.2, -0.15) is 0 Å². The first-order valence-electron chi connectivity index (χ1n) is 8.37. The van der Waals surface area contributed by atoms with Crippen LogP contribution in [0.15, 0.2) is 48.7 Å². The third kappa shape index (κ3) is 3.48. The molecule has 1 aromatic carbocycles. The van der Waals surface area contributed by atoms with Crippen molar-refractivity contribution in [3.05, 3.63) is 65.5 Å². The molecule has 0 aliphatic heterocycles. The number of benzene rings is 1. The van der Waals surface area contributed by atoms with Crippen molar-refractivity contribution < 1.29 is 4.79 Å². The summed E-state index contributed by atoms with van der Waals surface area (Å²) in [6.07, 6.45) is 3.66. The lowest BCUT2D eigenvalue weighted by Crippen LogP contribution is -2.19. The molecular formula is C20H23N3O. The predicted octanol–water partition coefficient (Wildman–Crippen LogP) is 4.02. The van der Waals surface area contributed by atoms with Crippen molar-refractivity contribution >= 4 is 17.4 Å². The molecule has 0 aliphatic rings. The zero-order valence-electron chi connectivity index (χ0n) is 14.4. The van der Waals surface area contributed by atoms with Gasteiger partial charge in [-0.25, -0.2) is 4.98 Å². The van der Waals surface area contributed by atoms with Crippen LogP contribution in [0, 0.1) is 12.8 Å². The second-order valence-corrected chi connectivity index (χ2v) is 6.47. The summed E-state index contributed by atoms with van der Waals surface area (Å²) in [4.78, 5) is 16.9. The molecule has 0 radical (unpaired) electrons. The van der Waals surface area contributed by atoms with Crippen molar-refractivity contribution in [1.29, 1.82) is 0 Å². The molecule has 0 atom stereocenters. The standard InChI is InChI=1S/C20H23N3O/c1-14(2)20(24)22-19-17(10-9-16-7-5-4-6-8-16)21-18-13-15(3)11-12-23(18)19/h4-8,11-14H,9-10H2,1-3H3,(H,22,24). The van der Waals surface area contributed by atoms with E-state index in [0.717, 1.165) is 35.6 Å². The van der Waals surface area contributed by atoms with Gasteiger partial charge in [0.15, 0.2) is 0 Å². The van der Waals surface area contributed by atoms with Gasteiger partial charge in [0.2, 0.25) is 5.91 Å². The molecule has 0 spiro atoms. The number of anilines is 1. The highest BCUT2D eigenvalue weighted by Crippen LogP contribution is 2.21. The summed E-state index contributed by atoms with van der Waals surface area (Å²) >= 11 is 0. The van der Waals surface area contributed by atoms with Crippen molar-refractivity contribution in [1.82, 2.24) is 9.38 Å². The number of fused-ring (bicyclic) bond motifs is 1. The fourth-order valence-electron chi connectivity index (χ4n) is 2.67. The molecule has 3 aromatic rings. The average Bonchev–Trinajstić information content (AvgIpc) is 2.90. The quantitative estimate of drug-likeness (QED) is 0.771. The second-order valence-electron chi connectivity index (χ2n) is 6.47. The molecule has 4 heteroatoms. The van der Waals surface area contributed by atoms with Gasteiger partial charge in [-0.3, -0.25) is 9.20 Å². The molecule has 0 fully saturated rings. The molecule has 0 aliphatic carbocycles. The van der Waals surface area contributed by atoms with Gasteiger partial charge in [0.1, 0.15) is 11.5 Å². The minimum atomic E-state index is -0.0667. The van der Waals surface area contributed by atoms with Gasteiger partial charge in [0.05, 0.1) is 5.69 Å². The van der Waals surface area contributed by atoms with Gasteiger partial charge < -0.3 is 5.32 Å². The van der Waals surface area contributed by atoms with Crippen LogP contribution in [-0.2, 0) is 17.6 Å². The smallest absolute Gasteiger partial charge is 0.228 e. The Kier molecular flexibility index (Phi) is 4.65. The minimum absolute atomic E-state index is 0.0123. The Balaban J connectivity index is 1.93. The zero-order chi connectivity index (χ0) is 17.1. The van der Waals surface area contributed by atoms with E-state index in [-0.39, 0.29) is 11.8 Å². The number of pyridine rings is 1. The molecule has 1 N–H and O–H groups in total. The molecular weight excluding hydrogens is 298 g/mol. The molecule has 24 heavy (non-hydrogen) atoms. The molecule has 4 nitrogen and oxygen atoms in total. The predicted molar refractivity (Wildman–Crippen MR) is 97.2 cm³/mol. The summed E-state index contributed by atoms with van der Waals surface area (Å²) in [6, 6.07) is 14.4. The molecule has 0 saturated carbocycles. The Morgan fingerprint density at radius 1 is 1.17 bits per heavy atom. The van der Waals surface area contributed by atoms with E-state index in [9.17, 15) is 4.79 Å². The van der Waals surface area contributed by atoms with E-state index < -0.39 is 0 Å². The van der Waals surface area contributed by atoms with Gasteiger partial charge in [-0.05, 0) is 43.0 Å². The molecule has 0 unspecified atom stereocenters. The van der Waals surface area contributed by atoms with E-state index in [1.165, 1.54) is 5.56 Å². The minimum Gasteiger partial charge on any atom is -0.310 e. The van der Waals surface area contributed by atoms with Gasteiger partial charge in [-0.15, -0.1) is 0 Å². The summed E-state index contributed by atoms with van der Waals surface area (Å²) < 4.78 is 1.97. The Hall–Kier alpha value is -2.62. The molecule has 3 rings (SSSR count). The lowest BCUT2D eigenvalue weighted by molar-refractivity contribution is -0.118. The largest absolute Gasteiger partial charge is 0.310 e. The topological polar surface area (TPSA) is 46.4 Å². The van der Waals surface area contributed by atoms with Crippen LogP contribution in [0.5, 0.6) is 0 Å². The summed E-state index contributed by atoms with van der Waals surface area (Å²) in [5.74, 6) is 0.737. The van der Waals surface area contributed by atoms with E-state index in [1.54, 1.807) is 0 Å². The summed E-state index contributed by atoms with van der Waals surface area (Å²) in [6.45, 7) is 5.84. The lowest BCUT2D eigenvalue weighted by Gasteiger charge is -2.10. The van der Waals surface area contributed by atoms with E-state index in [4.69, 9.17) is 4.98 Å². The summed E-state index contributed by atoms with van der Waals surface area (Å²) in [5.41, 5.74) is 4.23. The number of aromatic nitrogens is 2. The Morgan fingerprint density at radius 3 is 2.62 bits per heavy atom. The maximum absolute atomic E-state index is 12.2. The number of amides is 1. The van der Waals surface area contributed by atoms with Crippen molar-refractivity contribution in [3.63, 3.8) is 0 Å². The number of nitrogens with one attached hydrogen (secondary N) is 1. The first-order chi connectivity index (χ1) is 11.5. The van der Waals surface area contributed by atoms with Crippen molar-refractivity contribution in [2.75, 3.05) is 5.32 Å². The number of nitrogens with zero attached hydrogens (tertiary/aromatic N) is 2. The SMILES string of the molecule is Cc1ccn2c(NC(=O)C(C)C)c(CCc3ccccc3)nc2c1. The van der Waals surface area contributed by atoms with Gasteiger partial charge >= 0.3 is 0 Å². The first-order valence-corrected chi connectivity index (χ1v) is 8.37. The van der Waals surface area contributed by atoms with Gasteiger partial charge in [-0.1, -0.05) is 44.2 Å². The highest BCUT2D eigenvalue weighted by Gasteiger charge is 2.16. The second kappa shape index (κ2) is 6.87. The zero-order valence-corrected chi connectivity index (χ0v) is 14.4. The van der Waals surface area contributed by atoms with E-state index in [1.807, 2.05) is 61.7 Å². The number of aryl methyl sites for hydroxylation is 3. The monoisotopic (exact) mass is 321 g/mol. The molecule has 0 bridgehead atoms. The number of hydrogen-bond donors (Lipinski definition) is 1. The highest BCUT2D eigenvalue weighted by atomic mass is 16.1. The molecule has 1 amide bonds. The van der Waals surface area contributed by atoms with Crippen molar-refractivity contribution in [3.8, 4) is 0 Å². The van der Waals surface area contributed by atoms with Crippen LogP contribution in [0.1, 0.15) is 30.7 Å². The molecule has 2 heterocycles. The maximum Gasteiger partial charge on any atom is 0.228 e. The molecule has 124 valence electrons. The Bertz CT molecular complexity index is 850. The number of carbonyl (C=O) groups is 1. The lowest BCUT2D eigenvalue weighted by atomic mass is 10.1. The first kappa shape index (κ1) is 16.2. The number of hydrogen-bond acceptors (Lipinski definition) is 2. The van der Waals surface area contributed by atoms with Crippen LogP contribution in [0.25, 0.3) is 5.65 Å². The van der Waals surface area contributed by atoms with Crippen LogP contribution >= 0.6 is 0 Å². The summed E-state index contributed by atoms with van der Waals surface area (Å²) in [5, 5.41) is 3.05. The van der Waals surface area contributed by atoms with Crippen LogP contribution < -0.4 is 5.32 Å². The van der Waals surface area contributed by atoms with Crippen molar-refractivity contribution in [2.24, 2.45) is 5.92 Å². The van der Waals surface area contributed by atoms with E-state index in [2.05, 4.69) is 17.4 Å². The van der Waals surface area contributed by atoms with Crippen LogP contribution in [-0.4, -0.2) is 15.3 Å². The average molecular weight is 321 g/mol. The van der Waals surface area contributed by atoms with Crippen LogP contribution in [0.2, 0.25) is 0 Å². The third-order valence-corrected chi connectivity index (χ3v) is 4.11. The number of imidazole rings is 1. The van der Waals surface area contributed by atoms with Crippen LogP contribution in [0.3, 0.4) is 0 Å². The van der Waals surface area contributed by atoms with Gasteiger partial charge in [0.25, 0.3) is 0 Å². The fourth-order valence-corrected chi connectivity index (χ4v) is 2.67. The van der Waals surface area contributed by atoms with E-state index in [0.29, 0.717) is 0 Å². The number of carbonyl (C=O) groups excluding carboxylic acids is 1. The van der Waals surface area contributed by atoms with Crippen LogP contribution in [0.4, 0.5) is 5.82 Å². The summed E-state index contributed by atoms with van der Waals surface area (Å²) in [7, 11) is 0. The maximum atomic E-state index is 12.2. The van der Waals surface area contributed by atoms with Crippen molar-refractivity contribution in [2.45, 2.75) is 33.6 Å². The fraction of sp³-hybridized carbons (Fsp3) is 0.300. The molecule has 2 aromatic heterocycles. The van der Waals surface area contributed by atoms with E-state index >= 15 is 0 Å². The Morgan fingerprint density at radius 2 is 1.92 bits per heavy atom. The number of rotatable bonds is 5. The molecule has 0 saturated heterocycles. The third-order valence-electron chi connectivity index (χ3n) is 4.11.